The number of hydrogen-bond donors (Lipinski definition) is 2. The summed E-state index contributed by atoms with van der Waals surface area (Å²) in [5, 5.41) is 24.6. The lowest BCUT2D eigenvalue weighted by molar-refractivity contribution is -0.295. The largest absolute Gasteiger partial charge is 0.417 e. The van der Waals surface area contributed by atoms with E-state index >= 15 is 0 Å². The van der Waals surface area contributed by atoms with Crippen LogP contribution in [0.3, 0.4) is 0 Å². The number of amides is 1. The summed E-state index contributed by atoms with van der Waals surface area (Å²) < 4.78 is 60.2. The zero-order valence-corrected chi connectivity index (χ0v) is 26.5. The molecule has 2 heterocycles. The van der Waals surface area contributed by atoms with E-state index in [1.165, 1.54) is 18.7 Å². The van der Waals surface area contributed by atoms with Gasteiger partial charge >= 0.3 is 6.18 Å². The Kier molecular flexibility index (Phi) is 7.67. The van der Waals surface area contributed by atoms with Gasteiger partial charge in [0.1, 0.15) is 5.82 Å². The fraction of sp³-hybridized carbons (Fsp3) is 0.588. The molecule has 2 N–H and O–H groups in total. The topological polar surface area (TPSA) is 113 Å². The van der Waals surface area contributed by atoms with Gasteiger partial charge in [0.05, 0.1) is 11.3 Å². The molecule has 1 amide bonds. The summed E-state index contributed by atoms with van der Waals surface area (Å²) in [7, 11) is 0. The molecule has 7 rings (SSSR count). The predicted molar refractivity (Wildman–Crippen MR) is 161 cm³/mol. The van der Waals surface area contributed by atoms with Crippen LogP contribution in [0.1, 0.15) is 96.3 Å². The molecule has 3 aromatic rings. The van der Waals surface area contributed by atoms with Gasteiger partial charge in [0.15, 0.2) is 17.1 Å². The summed E-state index contributed by atoms with van der Waals surface area (Å²) in [6.45, 7) is 6.38. The molecule has 8 nitrogen and oxygen atoms in total. The van der Waals surface area contributed by atoms with E-state index < -0.39 is 47.7 Å². The van der Waals surface area contributed by atoms with E-state index in [1.54, 1.807) is 44.2 Å². The highest BCUT2D eigenvalue weighted by molar-refractivity contribution is 5.95. The standard InChI is InChI=1S/C34H40F4N4O4/c1-29(2,35)28-40-27(41-46-28)32-15-12-31(13-16-32,14-17-32)20-42(26(43)22-18-33(45,19-22)34(36,37)38)25-7-5-6-24(39-25)21-8-10-23(11-9-21)30(3,4)44/h5-11,22,44-45H,12-20H2,1-4H3/t22?,31-,32+,33?. The van der Waals surface area contributed by atoms with E-state index in [9.17, 15) is 32.6 Å². The van der Waals surface area contributed by atoms with Crippen LogP contribution in [-0.2, 0) is 21.5 Å². The fourth-order valence-corrected chi connectivity index (χ4v) is 7.29. The van der Waals surface area contributed by atoms with E-state index in [0.717, 1.165) is 30.4 Å². The molecule has 2 bridgehead atoms. The minimum atomic E-state index is -4.82. The van der Waals surface area contributed by atoms with Crippen LogP contribution in [0, 0.1) is 11.3 Å². The third-order valence-corrected chi connectivity index (χ3v) is 10.5. The average molecular weight is 645 g/mol. The summed E-state index contributed by atoms with van der Waals surface area (Å²) in [6, 6.07) is 12.5. The van der Waals surface area contributed by atoms with Crippen molar-refractivity contribution in [1.29, 1.82) is 0 Å². The molecule has 4 saturated carbocycles. The number of aromatic nitrogens is 3. The van der Waals surface area contributed by atoms with Crippen molar-refractivity contribution in [1.82, 2.24) is 15.1 Å². The molecule has 1 aromatic carbocycles. The molecular weight excluding hydrogens is 604 g/mol. The van der Waals surface area contributed by atoms with Crippen LogP contribution in [0.2, 0.25) is 0 Å². The lowest BCUT2D eigenvalue weighted by atomic mass is 9.53. The van der Waals surface area contributed by atoms with Crippen LogP contribution < -0.4 is 4.90 Å². The van der Waals surface area contributed by atoms with Crippen LogP contribution in [0.25, 0.3) is 11.3 Å². The third kappa shape index (κ3) is 5.83. The van der Waals surface area contributed by atoms with Crippen molar-refractivity contribution in [3.63, 3.8) is 0 Å². The highest BCUT2D eigenvalue weighted by Gasteiger charge is 2.63. The van der Waals surface area contributed by atoms with Crippen molar-refractivity contribution >= 4 is 11.7 Å². The molecule has 0 radical (unpaired) electrons. The second kappa shape index (κ2) is 10.8. The Balaban J connectivity index is 1.27. The van der Waals surface area contributed by atoms with Gasteiger partial charge < -0.3 is 14.7 Å². The van der Waals surface area contributed by atoms with Gasteiger partial charge in [-0.3, -0.25) is 9.69 Å². The predicted octanol–water partition coefficient (Wildman–Crippen LogP) is 6.89. The Morgan fingerprint density at radius 2 is 1.54 bits per heavy atom. The second-order valence-electron chi connectivity index (χ2n) is 14.8. The van der Waals surface area contributed by atoms with Crippen molar-refractivity contribution < 1.29 is 37.1 Å². The summed E-state index contributed by atoms with van der Waals surface area (Å²) in [4.78, 5) is 24.7. The molecular formula is C34H40F4N4O4. The number of hydrogen-bond acceptors (Lipinski definition) is 7. The van der Waals surface area contributed by atoms with Gasteiger partial charge in [-0.25, -0.2) is 9.37 Å². The van der Waals surface area contributed by atoms with Gasteiger partial charge in [-0.1, -0.05) is 35.5 Å². The number of benzene rings is 1. The van der Waals surface area contributed by atoms with Crippen LogP contribution >= 0.6 is 0 Å². The molecule has 2 aromatic heterocycles. The summed E-state index contributed by atoms with van der Waals surface area (Å²) in [6.07, 6.45) is -1.92. The second-order valence-corrected chi connectivity index (χ2v) is 14.8. The molecule has 4 fully saturated rings. The summed E-state index contributed by atoms with van der Waals surface area (Å²) in [5.74, 6) is -0.703. The van der Waals surface area contributed by atoms with Crippen LogP contribution in [-0.4, -0.2) is 49.6 Å². The van der Waals surface area contributed by atoms with E-state index in [1.807, 2.05) is 12.1 Å². The highest BCUT2D eigenvalue weighted by atomic mass is 19.4. The van der Waals surface area contributed by atoms with Gasteiger partial charge in [-0.05, 0) is 102 Å². The number of carbonyl (C=O) groups is 1. The average Bonchev–Trinajstić information content (AvgIpc) is 3.51. The smallest absolute Gasteiger partial charge is 0.386 e. The number of carbonyl (C=O) groups excluding carboxylic acids is 1. The number of anilines is 1. The SMILES string of the molecule is CC(C)(O)c1ccc(-c2cccc(N(C[C@]34CC[C@](c5noc(C(C)(C)F)n5)(CC3)CC4)C(=O)C3CC(O)(C(F)(F)F)C3)n2)cc1. The first kappa shape index (κ1) is 32.6. The number of rotatable bonds is 8. The maximum absolute atomic E-state index is 14.5. The van der Waals surface area contributed by atoms with Gasteiger partial charge in [0.25, 0.3) is 5.89 Å². The lowest BCUT2D eigenvalue weighted by Gasteiger charge is -2.54. The van der Waals surface area contributed by atoms with E-state index in [4.69, 9.17) is 9.51 Å². The maximum Gasteiger partial charge on any atom is 0.417 e. The van der Waals surface area contributed by atoms with Crippen molar-refractivity contribution in [3.8, 4) is 11.3 Å². The molecule has 4 aliphatic rings. The Bertz CT molecular complexity index is 1580. The van der Waals surface area contributed by atoms with Crippen LogP contribution in [0.4, 0.5) is 23.4 Å². The minimum Gasteiger partial charge on any atom is -0.386 e. The normalized spacial score (nSPS) is 28.2. The molecule has 4 aliphatic carbocycles. The first-order valence-electron chi connectivity index (χ1n) is 15.8. The van der Waals surface area contributed by atoms with Crippen LogP contribution in [0.15, 0.2) is 47.0 Å². The van der Waals surface area contributed by atoms with Crippen molar-refractivity contribution in [2.24, 2.45) is 11.3 Å². The Morgan fingerprint density at radius 3 is 2.07 bits per heavy atom. The molecule has 0 saturated heterocycles. The van der Waals surface area contributed by atoms with Gasteiger partial charge in [-0.15, -0.1) is 0 Å². The number of aliphatic hydroxyl groups is 2. The van der Waals surface area contributed by atoms with Crippen molar-refractivity contribution in [2.45, 2.75) is 108 Å². The lowest BCUT2D eigenvalue weighted by Crippen LogP contribution is -2.60. The van der Waals surface area contributed by atoms with Gasteiger partial charge in [0.2, 0.25) is 5.91 Å². The Labute approximate surface area is 265 Å². The minimum absolute atomic E-state index is 0.0592. The Hall–Kier alpha value is -3.38. The number of halogens is 4. The molecule has 0 unspecified atom stereocenters. The Morgan fingerprint density at radius 1 is 0.935 bits per heavy atom. The van der Waals surface area contributed by atoms with E-state index in [-0.39, 0.29) is 23.3 Å². The van der Waals surface area contributed by atoms with Crippen LogP contribution in [0.5, 0.6) is 0 Å². The van der Waals surface area contributed by atoms with Gasteiger partial charge in [0, 0.05) is 23.4 Å². The molecule has 0 atom stereocenters. The van der Waals surface area contributed by atoms with E-state index in [0.29, 0.717) is 36.6 Å². The maximum atomic E-state index is 14.5. The number of alkyl halides is 4. The monoisotopic (exact) mass is 644 g/mol. The number of fused-ring (bicyclic) bond motifs is 3. The highest BCUT2D eigenvalue weighted by Crippen LogP contribution is 2.58. The molecule has 248 valence electrons. The molecule has 46 heavy (non-hydrogen) atoms. The molecule has 12 heteroatoms. The first-order valence-corrected chi connectivity index (χ1v) is 15.8. The van der Waals surface area contributed by atoms with E-state index in [2.05, 4.69) is 10.1 Å². The molecule has 0 spiro atoms. The molecule has 0 aliphatic heterocycles. The van der Waals surface area contributed by atoms with Crippen molar-refractivity contribution in [2.75, 3.05) is 11.4 Å². The first-order chi connectivity index (χ1) is 21.3. The zero-order valence-electron chi connectivity index (χ0n) is 26.5. The summed E-state index contributed by atoms with van der Waals surface area (Å²) in [5.41, 5.74) is -4.26. The third-order valence-electron chi connectivity index (χ3n) is 10.5. The zero-order chi connectivity index (χ0) is 33.3. The fourth-order valence-electron chi connectivity index (χ4n) is 7.29. The van der Waals surface area contributed by atoms with Crippen molar-refractivity contribution in [3.05, 3.63) is 59.7 Å². The summed E-state index contributed by atoms with van der Waals surface area (Å²) >= 11 is 0. The quantitative estimate of drug-likeness (QED) is 0.257. The van der Waals surface area contributed by atoms with Gasteiger partial charge in [-0.2, -0.15) is 18.2 Å². The number of nitrogens with zero attached hydrogens (tertiary/aromatic N) is 4. The number of pyridine rings is 1.